The number of nitrogens with two attached hydrogens (primary N) is 2. The second kappa shape index (κ2) is 5.43. The molecule has 8 nitrogen and oxygen atoms in total. The van der Waals surface area contributed by atoms with Gasteiger partial charge in [0.2, 0.25) is 16.0 Å². The number of nitrogen functional groups attached to an aromatic ring is 1. The third-order valence-electron chi connectivity index (χ3n) is 3.92. The molecule has 0 unspecified atom stereocenters. The zero-order chi connectivity index (χ0) is 16.8. The van der Waals surface area contributed by atoms with Crippen molar-refractivity contribution < 1.29 is 13.2 Å². The lowest BCUT2D eigenvalue weighted by atomic mass is 10.1. The number of hydrogen-bond donors (Lipinski definition) is 2. The Morgan fingerprint density at radius 3 is 2.43 bits per heavy atom. The maximum atomic E-state index is 11.6. The van der Waals surface area contributed by atoms with E-state index >= 15 is 0 Å². The minimum atomic E-state index is -3.84. The van der Waals surface area contributed by atoms with Gasteiger partial charge in [-0.2, -0.15) is 4.98 Å². The van der Waals surface area contributed by atoms with Crippen LogP contribution in [0.15, 0.2) is 17.0 Å². The van der Waals surface area contributed by atoms with Gasteiger partial charge in [-0.15, -0.1) is 0 Å². The van der Waals surface area contributed by atoms with Crippen molar-refractivity contribution in [2.24, 2.45) is 5.14 Å². The lowest BCUT2D eigenvalue weighted by Gasteiger charge is -2.26. The summed E-state index contributed by atoms with van der Waals surface area (Å²) in [6.07, 6.45) is 0.926. The molecule has 0 atom stereocenters. The third-order valence-corrected chi connectivity index (χ3v) is 4.97. The molecule has 0 radical (unpaired) electrons. The van der Waals surface area contributed by atoms with Crippen molar-refractivity contribution >= 4 is 38.5 Å². The molecule has 23 heavy (non-hydrogen) atoms. The number of fused-ring (bicyclic) bond motifs is 1. The van der Waals surface area contributed by atoms with Crippen molar-refractivity contribution in [2.75, 3.05) is 23.7 Å². The van der Waals surface area contributed by atoms with Crippen molar-refractivity contribution in [3.8, 4) is 0 Å². The number of primary sulfonamides is 1. The predicted octanol–water partition coefficient (Wildman–Crippen LogP) is 0.337. The molecule has 2 aromatic rings. The molecule has 122 valence electrons. The Bertz CT molecular complexity index is 900. The van der Waals surface area contributed by atoms with Crippen molar-refractivity contribution in [2.45, 2.75) is 24.7 Å². The summed E-state index contributed by atoms with van der Waals surface area (Å²) in [5, 5.41) is 5.65. The van der Waals surface area contributed by atoms with Crippen LogP contribution in [0.3, 0.4) is 0 Å². The highest BCUT2D eigenvalue weighted by molar-refractivity contribution is 7.89. The first-order valence-electron chi connectivity index (χ1n) is 7.13. The highest BCUT2D eigenvalue weighted by atomic mass is 32.2. The second-order valence-electron chi connectivity index (χ2n) is 5.61. The maximum Gasteiger partial charge on any atom is 0.238 e. The molecule has 1 fully saturated rings. The Hall–Kier alpha value is -2.26. The van der Waals surface area contributed by atoms with E-state index in [1.165, 1.54) is 6.07 Å². The zero-order valence-electron chi connectivity index (χ0n) is 12.6. The number of carbonyl (C=O) groups is 1. The SMILES string of the molecule is Cc1cc2nc(N3CCC(=O)CC3)nc(N)c2cc1S(N)(=O)=O. The number of anilines is 2. The van der Waals surface area contributed by atoms with E-state index in [2.05, 4.69) is 9.97 Å². The van der Waals surface area contributed by atoms with E-state index in [-0.39, 0.29) is 16.5 Å². The van der Waals surface area contributed by atoms with Crippen LogP contribution in [-0.2, 0) is 14.8 Å². The molecule has 0 bridgehead atoms. The molecule has 9 heteroatoms. The van der Waals surface area contributed by atoms with Gasteiger partial charge in [-0.3, -0.25) is 4.79 Å². The van der Waals surface area contributed by atoms with Crippen LogP contribution < -0.4 is 15.8 Å². The molecule has 0 aliphatic carbocycles. The average Bonchev–Trinajstić information content (AvgIpc) is 2.45. The molecule has 1 aliphatic heterocycles. The number of piperidine rings is 1. The summed E-state index contributed by atoms with van der Waals surface area (Å²) in [5.74, 6) is 0.862. The van der Waals surface area contributed by atoms with Crippen LogP contribution in [0.2, 0.25) is 0 Å². The number of aromatic nitrogens is 2. The Morgan fingerprint density at radius 1 is 1.17 bits per heavy atom. The van der Waals surface area contributed by atoms with E-state index in [4.69, 9.17) is 10.9 Å². The van der Waals surface area contributed by atoms with E-state index < -0.39 is 10.0 Å². The highest BCUT2D eigenvalue weighted by Crippen LogP contribution is 2.27. The number of ketones is 1. The van der Waals surface area contributed by atoms with Gasteiger partial charge in [-0.1, -0.05) is 0 Å². The number of rotatable bonds is 2. The molecule has 0 spiro atoms. The van der Waals surface area contributed by atoms with E-state index in [0.717, 1.165) is 0 Å². The van der Waals surface area contributed by atoms with Crippen LogP contribution >= 0.6 is 0 Å². The number of benzene rings is 1. The van der Waals surface area contributed by atoms with Crippen molar-refractivity contribution in [1.29, 1.82) is 0 Å². The Kier molecular flexibility index (Phi) is 3.69. The summed E-state index contributed by atoms with van der Waals surface area (Å²) >= 11 is 0. The van der Waals surface area contributed by atoms with Crippen molar-refractivity contribution in [1.82, 2.24) is 9.97 Å². The molecule has 1 aromatic carbocycles. The Morgan fingerprint density at radius 2 is 1.83 bits per heavy atom. The first-order valence-corrected chi connectivity index (χ1v) is 8.67. The predicted molar refractivity (Wildman–Crippen MR) is 86.5 cm³/mol. The summed E-state index contributed by atoms with van der Waals surface area (Å²) in [5.41, 5.74) is 7.02. The molecule has 1 aliphatic rings. The molecular formula is C14H17N5O3S. The van der Waals surface area contributed by atoms with Crippen LogP contribution in [0.1, 0.15) is 18.4 Å². The largest absolute Gasteiger partial charge is 0.383 e. The van der Waals surface area contributed by atoms with Gasteiger partial charge in [-0.25, -0.2) is 18.5 Å². The molecule has 4 N–H and O–H groups in total. The van der Waals surface area contributed by atoms with Crippen LogP contribution in [0.25, 0.3) is 10.9 Å². The van der Waals surface area contributed by atoms with Gasteiger partial charge < -0.3 is 10.6 Å². The molecule has 1 saturated heterocycles. The maximum absolute atomic E-state index is 11.6. The number of carbonyl (C=O) groups excluding carboxylic acids is 1. The first-order chi connectivity index (χ1) is 10.8. The highest BCUT2D eigenvalue weighted by Gasteiger charge is 2.21. The zero-order valence-corrected chi connectivity index (χ0v) is 13.4. The first kappa shape index (κ1) is 15.6. The fourth-order valence-corrected chi connectivity index (χ4v) is 3.47. The summed E-state index contributed by atoms with van der Waals surface area (Å²) in [4.78, 5) is 22.0. The average molecular weight is 335 g/mol. The van der Waals surface area contributed by atoms with Gasteiger partial charge in [-0.05, 0) is 24.6 Å². The standard InChI is InChI=1S/C14H17N5O3S/c1-8-6-11-10(7-12(8)23(16,21)22)13(15)18-14(17-11)19-4-2-9(20)3-5-19/h6-7H,2-5H2,1H3,(H2,15,17,18)(H2,16,21,22). The van der Waals surface area contributed by atoms with Gasteiger partial charge in [0.15, 0.2) is 0 Å². The topological polar surface area (TPSA) is 132 Å². The van der Waals surface area contributed by atoms with Crippen LogP contribution in [-0.4, -0.2) is 37.3 Å². The smallest absolute Gasteiger partial charge is 0.238 e. The number of Topliss-reactive ketones (excluding diaryl/α,β-unsaturated/α-hetero) is 1. The molecular weight excluding hydrogens is 318 g/mol. The summed E-state index contributed by atoms with van der Waals surface area (Å²) in [7, 11) is -3.84. The number of nitrogens with zero attached hydrogens (tertiary/aromatic N) is 3. The van der Waals surface area contributed by atoms with E-state index in [9.17, 15) is 13.2 Å². The monoisotopic (exact) mass is 335 g/mol. The number of hydrogen-bond acceptors (Lipinski definition) is 7. The fourth-order valence-electron chi connectivity index (χ4n) is 2.68. The second-order valence-corrected chi connectivity index (χ2v) is 7.14. The number of sulfonamides is 1. The quantitative estimate of drug-likeness (QED) is 0.808. The van der Waals surface area contributed by atoms with Gasteiger partial charge in [0.05, 0.1) is 10.4 Å². The number of aryl methyl sites for hydroxylation is 1. The molecule has 2 heterocycles. The summed E-state index contributed by atoms with van der Waals surface area (Å²) in [6.45, 7) is 2.76. The fraction of sp³-hybridized carbons (Fsp3) is 0.357. The summed E-state index contributed by atoms with van der Waals surface area (Å²) in [6, 6.07) is 3.03. The Labute approximate surface area is 133 Å². The van der Waals surface area contributed by atoms with Crippen molar-refractivity contribution in [3.63, 3.8) is 0 Å². The molecule has 0 saturated carbocycles. The lowest BCUT2D eigenvalue weighted by Crippen LogP contribution is -2.35. The van der Waals surface area contributed by atoms with Gasteiger partial charge >= 0.3 is 0 Å². The van der Waals surface area contributed by atoms with E-state index in [1.807, 2.05) is 4.90 Å². The van der Waals surface area contributed by atoms with Crippen LogP contribution in [0, 0.1) is 6.92 Å². The van der Waals surface area contributed by atoms with Crippen molar-refractivity contribution in [3.05, 3.63) is 17.7 Å². The van der Waals surface area contributed by atoms with Gasteiger partial charge in [0, 0.05) is 31.3 Å². The molecule has 0 amide bonds. The van der Waals surface area contributed by atoms with Gasteiger partial charge in [0.25, 0.3) is 0 Å². The van der Waals surface area contributed by atoms with Crippen LogP contribution in [0.5, 0.6) is 0 Å². The normalized spacial score (nSPS) is 16.1. The minimum Gasteiger partial charge on any atom is -0.383 e. The third kappa shape index (κ3) is 2.97. The minimum absolute atomic E-state index is 0.0108. The van der Waals surface area contributed by atoms with E-state index in [0.29, 0.717) is 48.3 Å². The van der Waals surface area contributed by atoms with Crippen LogP contribution in [0.4, 0.5) is 11.8 Å². The Balaban J connectivity index is 2.10. The molecule has 3 rings (SSSR count). The lowest BCUT2D eigenvalue weighted by molar-refractivity contribution is -0.119. The molecule has 1 aromatic heterocycles. The summed E-state index contributed by atoms with van der Waals surface area (Å²) < 4.78 is 23.2. The van der Waals surface area contributed by atoms with Gasteiger partial charge in [0.1, 0.15) is 11.6 Å². The van der Waals surface area contributed by atoms with E-state index in [1.54, 1.807) is 13.0 Å².